The molecule has 2 rings (SSSR count). The molecule has 1 fully saturated rings. The maximum atomic E-state index is 12.5. The van der Waals surface area contributed by atoms with Crippen molar-refractivity contribution in [2.24, 2.45) is 17.6 Å². The summed E-state index contributed by atoms with van der Waals surface area (Å²) in [6.07, 6.45) is 2.94. The third kappa shape index (κ3) is 6.04. The highest BCUT2D eigenvalue weighted by molar-refractivity contribution is 5.85. The van der Waals surface area contributed by atoms with Crippen LogP contribution in [0.5, 0.6) is 5.75 Å². The number of nitrogens with zero attached hydrogens (tertiary/aromatic N) is 1. The average molecular weight is 341 g/mol. The van der Waals surface area contributed by atoms with Crippen molar-refractivity contribution < 1.29 is 9.53 Å². The van der Waals surface area contributed by atoms with Gasteiger partial charge in [0.1, 0.15) is 5.75 Å². The van der Waals surface area contributed by atoms with E-state index >= 15 is 0 Å². The monoisotopic (exact) mass is 340 g/mol. The van der Waals surface area contributed by atoms with Gasteiger partial charge in [-0.15, -0.1) is 12.4 Å². The molecular formula is C18H29ClN2O2. The van der Waals surface area contributed by atoms with Gasteiger partial charge in [0.05, 0.1) is 6.61 Å². The van der Waals surface area contributed by atoms with Gasteiger partial charge in [0, 0.05) is 25.0 Å². The predicted molar refractivity (Wildman–Crippen MR) is 95.9 cm³/mol. The van der Waals surface area contributed by atoms with Gasteiger partial charge in [0.15, 0.2) is 0 Å². The third-order valence-corrected chi connectivity index (χ3v) is 4.50. The summed E-state index contributed by atoms with van der Waals surface area (Å²) in [5.41, 5.74) is 5.99. The van der Waals surface area contributed by atoms with Gasteiger partial charge in [-0.1, -0.05) is 25.1 Å². The van der Waals surface area contributed by atoms with Crippen molar-refractivity contribution in [2.75, 3.05) is 19.7 Å². The minimum atomic E-state index is -0.00413. The van der Waals surface area contributed by atoms with E-state index in [2.05, 4.69) is 0 Å². The molecule has 4 nitrogen and oxygen atoms in total. The van der Waals surface area contributed by atoms with E-state index in [1.807, 2.05) is 49.1 Å². The highest BCUT2D eigenvalue weighted by atomic mass is 35.5. The fourth-order valence-electron chi connectivity index (χ4n) is 2.94. The van der Waals surface area contributed by atoms with Gasteiger partial charge in [-0.25, -0.2) is 0 Å². The van der Waals surface area contributed by atoms with Crippen LogP contribution in [-0.4, -0.2) is 36.5 Å². The van der Waals surface area contributed by atoms with Gasteiger partial charge in [-0.2, -0.15) is 0 Å². The molecule has 5 heteroatoms. The normalized spacial score (nSPS) is 20.3. The largest absolute Gasteiger partial charge is 0.494 e. The van der Waals surface area contributed by atoms with E-state index in [0.29, 0.717) is 12.5 Å². The molecule has 1 amide bonds. The number of piperidine rings is 1. The summed E-state index contributed by atoms with van der Waals surface area (Å²) < 4.78 is 5.68. The molecule has 1 saturated heterocycles. The minimum absolute atomic E-state index is 0. The molecule has 3 unspecified atom stereocenters. The molecule has 0 radical (unpaired) electrons. The molecule has 130 valence electrons. The first-order valence-electron chi connectivity index (χ1n) is 8.30. The van der Waals surface area contributed by atoms with Crippen molar-refractivity contribution in [3.63, 3.8) is 0 Å². The summed E-state index contributed by atoms with van der Waals surface area (Å²) in [4.78, 5) is 14.5. The number of carbonyl (C=O) groups excluding carboxylic acids is 1. The zero-order chi connectivity index (χ0) is 15.9. The van der Waals surface area contributed by atoms with Gasteiger partial charge < -0.3 is 15.4 Å². The van der Waals surface area contributed by atoms with Gasteiger partial charge in [-0.3, -0.25) is 4.79 Å². The number of ether oxygens (including phenoxy) is 1. The van der Waals surface area contributed by atoms with Crippen molar-refractivity contribution in [3.8, 4) is 5.75 Å². The van der Waals surface area contributed by atoms with Gasteiger partial charge in [0.25, 0.3) is 0 Å². The van der Waals surface area contributed by atoms with Crippen LogP contribution in [0, 0.1) is 11.8 Å². The molecule has 1 aromatic carbocycles. The Labute approximate surface area is 145 Å². The first-order valence-corrected chi connectivity index (χ1v) is 8.30. The fourth-order valence-corrected chi connectivity index (χ4v) is 2.94. The second-order valence-corrected chi connectivity index (χ2v) is 6.40. The first kappa shape index (κ1) is 19.8. The van der Waals surface area contributed by atoms with Crippen LogP contribution in [-0.2, 0) is 4.79 Å². The summed E-state index contributed by atoms with van der Waals surface area (Å²) in [6.45, 7) is 6.27. The van der Waals surface area contributed by atoms with Crippen LogP contribution >= 0.6 is 12.4 Å². The number of hydrogen-bond acceptors (Lipinski definition) is 3. The number of carbonyl (C=O) groups is 1. The van der Waals surface area contributed by atoms with E-state index < -0.39 is 0 Å². The van der Waals surface area contributed by atoms with E-state index in [1.54, 1.807) is 0 Å². The molecule has 1 aliphatic heterocycles. The van der Waals surface area contributed by atoms with Crippen molar-refractivity contribution in [3.05, 3.63) is 30.3 Å². The number of likely N-dealkylation sites (tertiary alicyclic amines) is 1. The van der Waals surface area contributed by atoms with Gasteiger partial charge in [-0.05, 0) is 44.2 Å². The Bertz CT molecular complexity index is 467. The van der Waals surface area contributed by atoms with Crippen molar-refractivity contribution in [2.45, 2.75) is 39.2 Å². The highest BCUT2D eigenvalue weighted by Crippen LogP contribution is 2.21. The van der Waals surface area contributed by atoms with Crippen molar-refractivity contribution in [1.29, 1.82) is 0 Å². The topological polar surface area (TPSA) is 55.6 Å². The molecule has 23 heavy (non-hydrogen) atoms. The third-order valence-electron chi connectivity index (χ3n) is 4.50. The van der Waals surface area contributed by atoms with Gasteiger partial charge >= 0.3 is 0 Å². The van der Waals surface area contributed by atoms with Crippen LogP contribution in [0.1, 0.15) is 33.1 Å². The van der Waals surface area contributed by atoms with Crippen LogP contribution in [0.25, 0.3) is 0 Å². The van der Waals surface area contributed by atoms with E-state index in [0.717, 1.165) is 38.1 Å². The zero-order valence-corrected chi connectivity index (χ0v) is 14.9. The number of amides is 1. The van der Waals surface area contributed by atoms with Crippen LogP contribution in [0.15, 0.2) is 30.3 Å². The maximum Gasteiger partial charge on any atom is 0.225 e. The second kappa shape index (κ2) is 9.78. The minimum Gasteiger partial charge on any atom is -0.494 e. The number of hydrogen-bond donors (Lipinski definition) is 1. The van der Waals surface area contributed by atoms with Crippen LogP contribution in [0.2, 0.25) is 0 Å². The molecule has 0 bridgehead atoms. The fraction of sp³-hybridized carbons (Fsp3) is 0.611. The van der Waals surface area contributed by atoms with Crippen LogP contribution < -0.4 is 10.5 Å². The van der Waals surface area contributed by atoms with Crippen LogP contribution in [0.3, 0.4) is 0 Å². The summed E-state index contributed by atoms with van der Waals surface area (Å²) in [5.74, 6) is 1.53. The lowest BCUT2D eigenvalue weighted by Crippen LogP contribution is -2.46. The SMILES string of the molecule is CC(CCOc1ccccc1)C(=O)N1CCCC(C(C)N)C1.Cl. The van der Waals surface area contributed by atoms with Crippen LogP contribution in [0.4, 0.5) is 0 Å². The molecular weight excluding hydrogens is 312 g/mol. The summed E-state index contributed by atoms with van der Waals surface area (Å²) in [6, 6.07) is 9.89. The quantitative estimate of drug-likeness (QED) is 0.865. The Balaban J connectivity index is 0.00000264. The molecule has 1 aromatic rings. The Morgan fingerprint density at radius 2 is 2.04 bits per heavy atom. The average Bonchev–Trinajstić information content (AvgIpc) is 2.55. The lowest BCUT2D eigenvalue weighted by Gasteiger charge is -2.36. The number of rotatable bonds is 6. The van der Waals surface area contributed by atoms with Crippen molar-refractivity contribution in [1.82, 2.24) is 4.90 Å². The first-order chi connectivity index (χ1) is 10.6. The molecule has 0 aromatic heterocycles. The maximum absolute atomic E-state index is 12.5. The van der Waals surface area contributed by atoms with E-state index in [9.17, 15) is 4.79 Å². The highest BCUT2D eigenvalue weighted by Gasteiger charge is 2.28. The Hall–Kier alpha value is -1.26. The smallest absolute Gasteiger partial charge is 0.225 e. The number of halogens is 1. The molecule has 3 atom stereocenters. The Kier molecular flexibility index (Phi) is 8.42. The lowest BCUT2D eigenvalue weighted by atomic mass is 9.91. The van der Waals surface area contributed by atoms with Gasteiger partial charge in [0.2, 0.25) is 5.91 Å². The standard InChI is InChI=1S/C18H28N2O2.ClH/c1-14(10-12-22-17-8-4-3-5-9-17)18(21)20-11-6-7-16(13-20)15(2)19;/h3-5,8-9,14-16H,6-7,10-13,19H2,1-2H3;1H. The van der Waals surface area contributed by atoms with E-state index in [4.69, 9.17) is 10.5 Å². The number of benzene rings is 1. The number of para-hydroxylation sites is 1. The summed E-state index contributed by atoms with van der Waals surface area (Å²) in [7, 11) is 0. The number of nitrogens with two attached hydrogens (primary N) is 1. The Morgan fingerprint density at radius 3 is 2.70 bits per heavy atom. The zero-order valence-electron chi connectivity index (χ0n) is 14.1. The summed E-state index contributed by atoms with van der Waals surface area (Å²) in [5, 5.41) is 0. The predicted octanol–water partition coefficient (Wildman–Crippen LogP) is 3.10. The second-order valence-electron chi connectivity index (χ2n) is 6.40. The lowest BCUT2D eigenvalue weighted by molar-refractivity contribution is -0.137. The van der Waals surface area contributed by atoms with Crippen molar-refractivity contribution >= 4 is 18.3 Å². The molecule has 0 saturated carbocycles. The molecule has 0 spiro atoms. The molecule has 0 aliphatic carbocycles. The van der Waals surface area contributed by atoms with E-state index in [1.165, 1.54) is 0 Å². The Morgan fingerprint density at radius 1 is 1.35 bits per heavy atom. The molecule has 2 N–H and O–H groups in total. The van der Waals surface area contributed by atoms with E-state index in [-0.39, 0.29) is 30.3 Å². The molecule has 1 heterocycles. The summed E-state index contributed by atoms with van der Waals surface area (Å²) >= 11 is 0. The molecule has 1 aliphatic rings.